The van der Waals surface area contributed by atoms with Crippen molar-refractivity contribution in [1.29, 1.82) is 0 Å². The van der Waals surface area contributed by atoms with E-state index in [0.717, 1.165) is 38.3 Å². The first kappa shape index (κ1) is 15.2. The van der Waals surface area contributed by atoms with Crippen LogP contribution in [-0.2, 0) is 9.22 Å². The molecule has 5 nitrogen and oxygen atoms in total. The SMILES string of the molecule is CCO[SiH2]CCCNC(=O)N1CCCCCC1=O. The van der Waals surface area contributed by atoms with E-state index in [1.54, 1.807) is 0 Å². The first-order chi connectivity index (χ1) is 8.75. The molecule has 1 saturated heterocycles. The molecule has 1 heterocycles. The summed E-state index contributed by atoms with van der Waals surface area (Å²) in [6, 6.07) is 0.849. The first-order valence-corrected chi connectivity index (χ1v) is 8.49. The van der Waals surface area contributed by atoms with Gasteiger partial charge in [-0.2, -0.15) is 0 Å². The minimum Gasteiger partial charge on any atom is -0.424 e. The zero-order valence-electron chi connectivity index (χ0n) is 11.2. The van der Waals surface area contributed by atoms with Crippen LogP contribution in [0.3, 0.4) is 0 Å². The van der Waals surface area contributed by atoms with E-state index in [0.29, 0.717) is 19.5 Å². The third kappa shape index (κ3) is 5.64. The lowest BCUT2D eigenvalue weighted by Crippen LogP contribution is -2.43. The van der Waals surface area contributed by atoms with Crippen LogP contribution in [0.1, 0.15) is 39.0 Å². The van der Waals surface area contributed by atoms with Crippen LogP contribution in [0.15, 0.2) is 0 Å². The Balaban J connectivity index is 2.16. The van der Waals surface area contributed by atoms with Gasteiger partial charge in [0, 0.05) is 26.1 Å². The second-order valence-electron chi connectivity index (χ2n) is 4.49. The lowest BCUT2D eigenvalue weighted by Gasteiger charge is -2.18. The average molecular weight is 272 g/mol. The molecule has 0 aromatic carbocycles. The normalized spacial score (nSPS) is 17.2. The summed E-state index contributed by atoms with van der Waals surface area (Å²) < 4.78 is 5.35. The Morgan fingerprint density at radius 1 is 1.44 bits per heavy atom. The van der Waals surface area contributed by atoms with E-state index in [9.17, 15) is 9.59 Å². The molecule has 1 N–H and O–H groups in total. The molecule has 0 aliphatic carbocycles. The van der Waals surface area contributed by atoms with E-state index in [1.165, 1.54) is 4.90 Å². The summed E-state index contributed by atoms with van der Waals surface area (Å²) in [5, 5.41) is 2.82. The summed E-state index contributed by atoms with van der Waals surface area (Å²) in [4.78, 5) is 24.9. The molecule has 1 rings (SSSR count). The Kier molecular flexibility index (Phi) is 7.67. The van der Waals surface area contributed by atoms with Crippen molar-refractivity contribution in [1.82, 2.24) is 10.2 Å². The van der Waals surface area contributed by atoms with Gasteiger partial charge in [-0.3, -0.25) is 9.69 Å². The van der Waals surface area contributed by atoms with Gasteiger partial charge in [-0.15, -0.1) is 0 Å². The number of imide groups is 1. The number of likely N-dealkylation sites (tertiary alicyclic amines) is 1. The Bertz CT molecular complexity index is 274. The average Bonchev–Trinajstić information content (AvgIpc) is 2.58. The van der Waals surface area contributed by atoms with Crippen molar-refractivity contribution in [3.8, 4) is 0 Å². The highest BCUT2D eigenvalue weighted by molar-refractivity contribution is 6.26. The molecule has 0 unspecified atom stereocenters. The number of amides is 3. The summed E-state index contributed by atoms with van der Waals surface area (Å²) in [7, 11) is -0.404. The third-order valence-electron chi connectivity index (χ3n) is 3.01. The van der Waals surface area contributed by atoms with Crippen molar-refractivity contribution in [3.05, 3.63) is 0 Å². The molecule has 0 atom stereocenters. The predicted molar refractivity (Wildman–Crippen MR) is 73.2 cm³/mol. The number of hydrogen-bond donors (Lipinski definition) is 1. The number of carbonyl (C=O) groups is 2. The summed E-state index contributed by atoms with van der Waals surface area (Å²) in [6.45, 7) is 4.00. The van der Waals surface area contributed by atoms with Gasteiger partial charge < -0.3 is 9.74 Å². The Labute approximate surface area is 111 Å². The van der Waals surface area contributed by atoms with Crippen molar-refractivity contribution < 1.29 is 14.0 Å². The quantitative estimate of drug-likeness (QED) is 0.580. The molecule has 3 amide bonds. The molecule has 0 aromatic heterocycles. The highest BCUT2D eigenvalue weighted by Gasteiger charge is 2.22. The highest BCUT2D eigenvalue weighted by atomic mass is 28.2. The van der Waals surface area contributed by atoms with Gasteiger partial charge in [0.25, 0.3) is 0 Å². The molecule has 0 saturated carbocycles. The third-order valence-corrected chi connectivity index (χ3v) is 4.50. The number of urea groups is 1. The molecular formula is C12H24N2O3Si. The van der Waals surface area contributed by atoms with Crippen LogP contribution >= 0.6 is 0 Å². The molecule has 0 radical (unpaired) electrons. The zero-order chi connectivity index (χ0) is 13.2. The fraction of sp³-hybridized carbons (Fsp3) is 0.833. The molecule has 1 aliphatic rings. The smallest absolute Gasteiger partial charge is 0.324 e. The summed E-state index contributed by atoms with van der Waals surface area (Å²) in [5.74, 6) is -0.0336. The van der Waals surface area contributed by atoms with Crippen LogP contribution in [0.2, 0.25) is 6.04 Å². The maximum absolute atomic E-state index is 11.8. The van der Waals surface area contributed by atoms with Crippen LogP contribution in [0.4, 0.5) is 4.79 Å². The van der Waals surface area contributed by atoms with Gasteiger partial charge in [0.2, 0.25) is 5.91 Å². The minimum absolute atomic E-state index is 0.0336. The van der Waals surface area contributed by atoms with Crippen molar-refractivity contribution in [2.75, 3.05) is 19.7 Å². The van der Waals surface area contributed by atoms with Crippen LogP contribution in [0.5, 0.6) is 0 Å². The monoisotopic (exact) mass is 272 g/mol. The highest BCUT2D eigenvalue weighted by Crippen LogP contribution is 2.11. The Morgan fingerprint density at radius 3 is 3.06 bits per heavy atom. The number of carbonyl (C=O) groups excluding carboxylic acids is 2. The molecule has 18 heavy (non-hydrogen) atoms. The van der Waals surface area contributed by atoms with E-state index in [2.05, 4.69) is 5.32 Å². The lowest BCUT2D eigenvalue weighted by molar-refractivity contribution is -0.127. The lowest BCUT2D eigenvalue weighted by atomic mass is 10.2. The van der Waals surface area contributed by atoms with Crippen LogP contribution in [0.25, 0.3) is 0 Å². The Morgan fingerprint density at radius 2 is 2.28 bits per heavy atom. The van der Waals surface area contributed by atoms with Crippen LogP contribution in [0, 0.1) is 0 Å². The summed E-state index contributed by atoms with van der Waals surface area (Å²) >= 11 is 0. The molecular weight excluding hydrogens is 248 g/mol. The summed E-state index contributed by atoms with van der Waals surface area (Å²) in [6.07, 6.45) is 4.32. The van der Waals surface area contributed by atoms with Gasteiger partial charge in [-0.25, -0.2) is 4.79 Å². The number of hydrogen-bond acceptors (Lipinski definition) is 3. The molecule has 0 bridgehead atoms. The first-order valence-electron chi connectivity index (χ1n) is 6.91. The van der Waals surface area contributed by atoms with Gasteiger partial charge in [0.15, 0.2) is 9.76 Å². The fourth-order valence-electron chi connectivity index (χ4n) is 1.96. The maximum Gasteiger partial charge on any atom is 0.324 e. The summed E-state index contributed by atoms with van der Waals surface area (Å²) in [5.41, 5.74) is 0. The molecule has 1 fully saturated rings. The van der Waals surface area contributed by atoms with Crippen molar-refractivity contribution in [2.24, 2.45) is 0 Å². The predicted octanol–water partition coefficient (Wildman–Crippen LogP) is 1.03. The second kappa shape index (κ2) is 9.10. The van der Waals surface area contributed by atoms with E-state index < -0.39 is 9.76 Å². The number of rotatable bonds is 6. The van der Waals surface area contributed by atoms with Crippen molar-refractivity contribution in [3.63, 3.8) is 0 Å². The molecule has 104 valence electrons. The van der Waals surface area contributed by atoms with Gasteiger partial charge >= 0.3 is 6.03 Å². The van der Waals surface area contributed by atoms with E-state index in [1.807, 2.05) is 6.92 Å². The molecule has 0 spiro atoms. The van der Waals surface area contributed by atoms with Gasteiger partial charge in [-0.1, -0.05) is 6.42 Å². The number of nitrogens with one attached hydrogen (secondary N) is 1. The van der Waals surface area contributed by atoms with Gasteiger partial charge in [0.1, 0.15) is 0 Å². The van der Waals surface area contributed by atoms with Crippen molar-refractivity contribution in [2.45, 2.75) is 45.1 Å². The van der Waals surface area contributed by atoms with E-state index in [4.69, 9.17) is 4.43 Å². The fourth-order valence-corrected chi connectivity index (χ4v) is 2.91. The van der Waals surface area contributed by atoms with Gasteiger partial charge in [0.05, 0.1) is 0 Å². The number of nitrogens with zero attached hydrogens (tertiary/aromatic N) is 1. The van der Waals surface area contributed by atoms with Gasteiger partial charge in [-0.05, 0) is 32.2 Å². The largest absolute Gasteiger partial charge is 0.424 e. The van der Waals surface area contributed by atoms with E-state index >= 15 is 0 Å². The zero-order valence-corrected chi connectivity index (χ0v) is 12.7. The molecule has 1 aliphatic heterocycles. The molecule has 0 aromatic rings. The molecule has 6 heteroatoms. The topological polar surface area (TPSA) is 58.6 Å². The standard InChI is InChI=1S/C12H24N2O3Si/c1-2-17-18-10-6-8-13-12(16)14-9-5-3-4-7-11(14)15/h2-10,18H2,1H3,(H,13,16). The minimum atomic E-state index is -0.404. The van der Waals surface area contributed by atoms with Crippen LogP contribution < -0.4 is 5.32 Å². The second-order valence-corrected chi connectivity index (χ2v) is 6.02. The Hall–Kier alpha value is -0.883. The maximum atomic E-state index is 11.8. The van der Waals surface area contributed by atoms with E-state index in [-0.39, 0.29) is 11.9 Å². The van der Waals surface area contributed by atoms with Crippen molar-refractivity contribution >= 4 is 21.7 Å². The van der Waals surface area contributed by atoms with Crippen LogP contribution in [-0.4, -0.2) is 46.3 Å².